The summed E-state index contributed by atoms with van der Waals surface area (Å²) in [6, 6.07) is 22.2. The molecular weight excluding hydrogens is 316 g/mol. The summed E-state index contributed by atoms with van der Waals surface area (Å²) < 4.78 is 7.35. The molecule has 2 aromatic carbocycles. The third-order valence-electron chi connectivity index (χ3n) is 3.62. The number of azo groups is 1. The van der Waals surface area contributed by atoms with Crippen LogP contribution in [0.25, 0.3) is 5.52 Å². The molecule has 4 aromatic rings. The number of nitrogens with one attached hydrogen (secondary N) is 1. The molecule has 6 nitrogen and oxygen atoms in total. The average molecular weight is 330 g/mol. The number of para-hydroxylation sites is 1. The highest BCUT2D eigenvalue weighted by Crippen LogP contribution is 2.25. The van der Waals surface area contributed by atoms with Crippen LogP contribution in [0, 0.1) is 0 Å². The smallest absolute Gasteiger partial charge is 0.292 e. The maximum Gasteiger partial charge on any atom is 0.292 e. The monoisotopic (exact) mass is 330 g/mol. The lowest BCUT2D eigenvalue weighted by Gasteiger charge is -2.04. The van der Waals surface area contributed by atoms with E-state index < -0.39 is 0 Å². The molecule has 6 heteroatoms. The van der Waals surface area contributed by atoms with Crippen LogP contribution in [-0.4, -0.2) is 9.61 Å². The average Bonchev–Trinajstić information content (AvgIpc) is 2.97. The van der Waals surface area contributed by atoms with Gasteiger partial charge in [-0.15, -0.1) is 5.11 Å². The zero-order valence-corrected chi connectivity index (χ0v) is 13.2. The highest BCUT2D eigenvalue weighted by molar-refractivity contribution is 5.67. The number of aromatic amines is 1. The van der Waals surface area contributed by atoms with Crippen LogP contribution in [0.15, 0.2) is 94.0 Å². The van der Waals surface area contributed by atoms with Crippen molar-refractivity contribution < 1.29 is 4.74 Å². The standard InChI is InChI=1S/C19H14N4O2/c24-19-18(17-8-4-5-13-23(17)22-19)21-20-14-9-11-16(12-10-14)25-15-6-2-1-3-7-15/h1-13H,(H,22,24). The predicted octanol–water partition coefficient (Wildman–Crippen LogP) is 4.84. The summed E-state index contributed by atoms with van der Waals surface area (Å²) in [6.07, 6.45) is 1.76. The van der Waals surface area contributed by atoms with Crippen LogP contribution < -0.4 is 10.3 Å². The van der Waals surface area contributed by atoms with Gasteiger partial charge in [0.15, 0.2) is 5.69 Å². The second-order valence-electron chi connectivity index (χ2n) is 5.35. The Morgan fingerprint density at radius 1 is 0.800 bits per heavy atom. The Bertz CT molecular complexity index is 1080. The third kappa shape index (κ3) is 3.18. The van der Waals surface area contributed by atoms with Gasteiger partial charge >= 0.3 is 0 Å². The van der Waals surface area contributed by atoms with E-state index in [1.54, 1.807) is 22.8 Å². The van der Waals surface area contributed by atoms with E-state index in [2.05, 4.69) is 15.3 Å². The van der Waals surface area contributed by atoms with Gasteiger partial charge in [-0.1, -0.05) is 24.3 Å². The number of aromatic nitrogens is 2. The Hall–Kier alpha value is -3.67. The molecule has 2 aromatic heterocycles. The van der Waals surface area contributed by atoms with Crippen LogP contribution in [0.5, 0.6) is 11.5 Å². The fourth-order valence-corrected chi connectivity index (χ4v) is 2.42. The molecular formula is C19H14N4O2. The molecule has 25 heavy (non-hydrogen) atoms. The van der Waals surface area contributed by atoms with Crippen molar-refractivity contribution in [3.05, 3.63) is 89.3 Å². The number of H-pyrrole nitrogens is 1. The molecule has 0 radical (unpaired) electrons. The molecule has 0 aliphatic carbocycles. The zero-order valence-electron chi connectivity index (χ0n) is 13.2. The van der Waals surface area contributed by atoms with Gasteiger partial charge in [0.05, 0.1) is 11.2 Å². The minimum Gasteiger partial charge on any atom is -0.457 e. The zero-order chi connectivity index (χ0) is 17.1. The van der Waals surface area contributed by atoms with Crippen molar-refractivity contribution >= 4 is 16.9 Å². The molecule has 0 aliphatic rings. The van der Waals surface area contributed by atoms with E-state index in [0.29, 0.717) is 17.0 Å². The predicted molar refractivity (Wildman–Crippen MR) is 95.2 cm³/mol. The Morgan fingerprint density at radius 2 is 1.52 bits per heavy atom. The summed E-state index contributed by atoms with van der Waals surface area (Å²) in [5.74, 6) is 1.47. The first-order valence-electron chi connectivity index (χ1n) is 7.74. The van der Waals surface area contributed by atoms with E-state index in [1.807, 2.05) is 60.7 Å². The molecule has 0 amide bonds. The van der Waals surface area contributed by atoms with Gasteiger partial charge in [0.25, 0.3) is 5.56 Å². The van der Waals surface area contributed by atoms with Gasteiger partial charge in [-0.05, 0) is 48.5 Å². The fourth-order valence-electron chi connectivity index (χ4n) is 2.42. The van der Waals surface area contributed by atoms with E-state index in [9.17, 15) is 4.79 Å². The lowest BCUT2D eigenvalue weighted by atomic mass is 10.3. The molecule has 0 unspecified atom stereocenters. The largest absolute Gasteiger partial charge is 0.457 e. The highest BCUT2D eigenvalue weighted by Gasteiger charge is 2.07. The lowest BCUT2D eigenvalue weighted by Crippen LogP contribution is -1.98. The molecule has 4 rings (SSSR count). The molecule has 0 atom stereocenters. The van der Waals surface area contributed by atoms with Crippen LogP contribution >= 0.6 is 0 Å². The fraction of sp³-hybridized carbons (Fsp3) is 0. The molecule has 0 aliphatic heterocycles. The second-order valence-corrected chi connectivity index (χ2v) is 5.35. The number of benzene rings is 2. The molecule has 0 spiro atoms. The first-order chi connectivity index (χ1) is 12.3. The molecule has 2 heterocycles. The molecule has 0 saturated heterocycles. The van der Waals surface area contributed by atoms with Crippen molar-refractivity contribution in [1.29, 1.82) is 0 Å². The van der Waals surface area contributed by atoms with E-state index in [-0.39, 0.29) is 11.2 Å². The van der Waals surface area contributed by atoms with Gasteiger partial charge in [0, 0.05) is 6.20 Å². The number of fused-ring (bicyclic) bond motifs is 1. The summed E-state index contributed by atoms with van der Waals surface area (Å²) in [5.41, 5.74) is 1.32. The molecule has 0 saturated carbocycles. The summed E-state index contributed by atoms with van der Waals surface area (Å²) in [5, 5.41) is 10.9. The summed E-state index contributed by atoms with van der Waals surface area (Å²) in [6.45, 7) is 0. The second kappa shape index (κ2) is 6.45. The first kappa shape index (κ1) is 14.9. The highest BCUT2D eigenvalue weighted by atomic mass is 16.5. The summed E-state index contributed by atoms with van der Waals surface area (Å²) in [7, 11) is 0. The Kier molecular flexibility index (Phi) is 3.84. The van der Waals surface area contributed by atoms with E-state index in [0.717, 1.165) is 5.75 Å². The van der Waals surface area contributed by atoms with Gasteiger partial charge in [0.1, 0.15) is 11.5 Å². The van der Waals surface area contributed by atoms with Gasteiger partial charge in [-0.2, -0.15) is 5.11 Å². The molecule has 122 valence electrons. The quantitative estimate of drug-likeness (QED) is 0.544. The van der Waals surface area contributed by atoms with Crippen molar-refractivity contribution in [3.8, 4) is 11.5 Å². The molecule has 1 N–H and O–H groups in total. The van der Waals surface area contributed by atoms with Crippen LogP contribution in [0.2, 0.25) is 0 Å². The van der Waals surface area contributed by atoms with Crippen molar-refractivity contribution in [3.63, 3.8) is 0 Å². The van der Waals surface area contributed by atoms with Crippen LogP contribution in [-0.2, 0) is 0 Å². The van der Waals surface area contributed by atoms with Crippen LogP contribution in [0.1, 0.15) is 0 Å². The van der Waals surface area contributed by atoms with Crippen LogP contribution in [0.3, 0.4) is 0 Å². The maximum absolute atomic E-state index is 12.0. The van der Waals surface area contributed by atoms with Gasteiger partial charge in [0.2, 0.25) is 0 Å². The number of ether oxygens (including phenoxy) is 1. The van der Waals surface area contributed by atoms with E-state index >= 15 is 0 Å². The number of hydrogen-bond acceptors (Lipinski definition) is 4. The van der Waals surface area contributed by atoms with Crippen molar-refractivity contribution in [2.45, 2.75) is 0 Å². The maximum atomic E-state index is 12.0. The summed E-state index contributed by atoms with van der Waals surface area (Å²) in [4.78, 5) is 12.0. The lowest BCUT2D eigenvalue weighted by molar-refractivity contribution is 0.483. The van der Waals surface area contributed by atoms with Gasteiger partial charge in [-0.3, -0.25) is 14.4 Å². The number of nitrogens with zero attached hydrogens (tertiary/aromatic N) is 3. The minimum absolute atomic E-state index is 0.279. The summed E-state index contributed by atoms with van der Waals surface area (Å²) >= 11 is 0. The number of rotatable bonds is 4. The van der Waals surface area contributed by atoms with Crippen LogP contribution in [0.4, 0.5) is 11.4 Å². The SMILES string of the molecule is O=c1[nH]n2ccccc2c1N=Nc1ccc(Oc2ccccc2)cc1. The number of pyridine rings is 1. The third-order valence-corrected chi connectivity index (χ3v) is 3.62. The van der Waals surface area contributed by atoms with E-state index in [4.69, 9.17) is 4.74 Å². The van der Waals surface area contributed by atoms with Crippen molar-refractivity contribution in [2.75, 3.05) is 0 Å². The normalized spacial score (nSPS) is 11.2. The first-order valence-corrected chi connectivity index (χ1v) is 7.74. The van der Waals surface area contributed by atoms with E-state index in [1.165, 1.54) is 0 Å². The minimum atomic E-state index is -0.279. The van der Waals surface area contributed by atoms with Crippen molar-refractivity contribution in [1.82, 2.24) is 9.61 Å². The van der Waals surface area contributed by atoms with Gasteiger partial charge in [-0.25, -0.2) is 0 Å². The number of hydrogen-bond donors (Lipinski definition) is 1. The topological polar surface area (TPSA) is 71.2 Å². The Morgan fingerprint density at radius 3 is 2.32 bits per heavy atom. The van der Waals surface area contributed by atoms with Crippen molar-refractivity contribution in [2.24, 2.45) is 10.2 Å². The molecule has 0 bridgehead atoms. The molecule has 0 fully saturated rings. The van der Waals surface area contributed by atoms with Gasteiger partial charge < -0.3 is 4.74 Å². The Labute approximate surface area is 143 Å². The Balaban J connectivity index is 1.55.